The SMILES string of the molecule is Cc1ccc(-c2nnc(CCC(=O)NCc3ccnc(OC4CCC(C)CC4)c3)o2)cc1. The zero-order valence-electron chi connectivity index (χ0n) is 18.7. The number of carbonyl (C=O) groups is 1. The molecule has 2 aromatic heterocycles. The van der Waals surface area contributed by atoms with Crippen LogP contribution in [0.1, 0.15) is 56.0 Å². The minimum atomic E-state index is -0.0689. The molecule has 0 saturated heterocycles. The number of pyridine rings is 1. The third-order valence-electron chi connectivity index (χ3n) is 5.87. The van der Waals surface area contributed by atoms with E-state index in [4.69, 9.17) is 9.15 Å². The highest BCUT2D eigenvalue weighted by Crippen LogP contribution is 2.26. The van der Waals surface area contributed by atoms with Gasteiger partial charge in [-0.3, -0.25) is 4.79 Å². The lowest BCUT2D eigenvalue weighted by Gasteiger charge is -2.26. The zero-order chi connectivity index (χ0) is 22.3. The Labute approximate surface area is 188 Å². The molecule has 7 nitrogen and oxygen atoms in total. The molecule has 32 heavy (non-hydrogen) atoms. The van der Waals surface area contributed by atoms with Gasteiger partial charge in [0.2, 0.25) is 23.6 Å². The van der Waals surface area contributed by atoms with Crippen molar-refractivity contribution in [2.75, 3.05) is 0 Å². The van der Waals surface area contributed by atoms with Crippen molar-refractivity contribution in [2.45, 2.75) is 65.0 Å². The van der Waals surface area contributed by atoms with Gasteiger partial charge in [0, 0.05) is 37.2 Å². The molecular weight excluding hydrogens is 404 g/mol. The van der Waals surface area contributed by atoms with Crippen molar-refractivity contribution in [3.05, 3.63) is 59.6 Å². The first-order valence-corrected chi connectivity index (χ1v) is 11.3. The maximum absolute atomic E-state index is 12.3. The van der Waals surface area contributed by atoms with Crippen molar-refractivity contribution in [2.24, 2.45) is 5.92 Å². The number of rotatable bonds is 8. The molecule has 7 heteroatoms. The molecule has 0 radical (unpaired) electrons. The Morgan fingerprint density at radius 3 is 2.69 bits per heavy atom. The summed E-state index contributed by atoms with van der Waals surface area (Å²) in [6.45, 7) is 4.75. The molecule has 4 rings (SSSR count). The van der Waals surface area contributed by atoms with Gasteiger partial charge in [-0.05, 0) is 62.3 Å². The second kappa shape index (κ2) is 10.4. The molecule has 0 bridgehead atoms. The highest BCUT2D eigenvalue weighted by molar-refractivity contribution is 5.76. The van der Waals surface area contributed by atoms with Crippen LogP contribution in [0.25, 0.3) is 11.5 Å². The van der Waals surface area contributed by atoms with E-state index in [-0.39, 0.29) is 18.4 Å². The summed E-state index contributed by atoms with van der Waals surface area (Å²) in [6, 6.07) is 11.7. The van der Waals surface area contributed by atoms with Gasteiger partial charge in [0.1, 0.15) is 6.10 Å². The minimum absolute atomic E-state index is 0.0689. The van der Waals surface area contributed by atoms with Crippen molar-refractivity contribution in [1.29, 1.82) is 0 Å². The van der Waals surface area contributed by atoms with Crippen LogP contribution in [0.3, 0.4) is 0 Å². The zero-order valence-corrected chi connectivity index (χ0v) is 18.7. The molecule has 1 aliphatic carbocycles. The minimum Gasteiger partial charge on any atom is -0.474 e. The number of aromatic nitrogens is 3. The van der Waals surface area contributed by atoms with E-state index in [1.54, 1.807) is 6.20 Å². The number of aryl methyl sites for hydroxylation is 2. The Bertz CT molecular complexity index is 1020. The lowest BCUT2D eigenvalue weighted by Crippen LogP contribution is -2.24. The van der Waals surface area contributed by atoms with Crippen LogP contribution < -0.4 is 10.1 Å². The molecule has 1 aromatic carbocycles. The Balaban J connectivity index is 1.22. The number of carbonyl (C=O) groups excluding carboxylic acids is 1. The Morgan fingerprint density at radius 1 is 1.12 bits per heavy atom. The van der Waals surface area contributed by atoms with E-state index in [9.17, 15) is 4.79 Å². The third kappa shape index (κ3) is 6.15. The standard InChI is InChI=1S/C25H30N4O3/c1-17-3-7-20(8-4-17)25-29-28-23(32-25)12-11-22(30)27-16-19-13-14-26-24(15-19)31-21-9-5-18(2)6-10-21/h3-4,7-8,13-15,18,21H,5-6,9-12,16H2,1-2H3,(H,27,30). The largest absolute Gasteiger partial charge is 0.474 e. The molecule has 1 saturated carbocycles. The van der Waals surface area contributed by atoms with E-state index in [0.29, 0.717) is 30.6 Å². The van der Waals surface area contributed by atoms with Gasteiger partial charge in [0.05, 0.1) is 0 Å². The fourth-order valence-corrected chi connectivity index (χ4v) is 3.82. The van der Waals surface area contributed by atoms with E-state index in [1.165, 1.54) is 18.4 Å². The molecule has 1 N–H and O–H groups in total. The fraction of sp³-hybridized carbons (Fsp3) is 0.440. The smallest absolute Gasteiger partial charge is 0.247 e. The molecule has 0 aliphatic heterocycles. The summed E-state index contributed by atoms with van der Waals surface area (Å²) in [7, 11) is 0. The highest BCUT2D eigenvalue weighted by atomic mass is 16.5. The first-order chi connectivity index (χ1) is 15.5. The predicted octanol–water partition coefficient (Wildman–Crippen LogP) is 4.65. The number of ether oxygens (including phenoxy) is 1. The monoisotopic (exact) mass is 434 g/mol. The van der Waals surface area contributed by atoms with Crippen LogP contribution >= 0.6 is 0 Å². The Morgan fingerprint density at radius 2 is 1.91 bits per heavy atom. The van der Waals surface area contributed by atoms with Crippen molar-refractivity contribution < 1.29 is 13.9 Å². The number of hydrogen-bond donors (Lipinski definition) is 1. The van der Waals surface area contributed by atoms with E-state index in [1.807, 2.05) is 43.3 Å². The van der Waals surface area contributed by atoms with Crippen molar-refractivity contribution in [1.82, 2.24) is 20.5 Å². The van der Waals surface area contributed by atoms with Crippen LogP contribution in [0.2, 0.25) is 0 Å². The number of amides is 1. The second-order valence-corrected chi connectivity index (χ2v) is 8.65. The number of nitrogens with one attached hydrogen (secondary N) is 1. The normalized spacial score (nSPS) is 18.3. The summed E-state index contributed by atoms with van der Waals surface area (Å²) < 4.78 is 11.7. The molecule has 0 atom stereocenters. The fourth-order valence-electron chi connectivity index (χ4n) is 3.82. The number of hydrogen-bond acceptors (Lipinski definition) is 6. The van der Waals surface area contributed by atoms with Crippen LogP contribution in [0.4, 0.5) is 0 Å². The molecule has 1 aliphatic rings. The van der Waals surface area contributed by atoms with Gasteiger partial charge in [-0.15, -0.1) is 10.2 Å². The Hall–Kier alpha value is -3.22. The summed E-state index contributed by atoms with van der Waals surface area (Å²) in [5.41, 5.74) is 3.01. The van der Waals surface area contributed by atoms with Gasteiger partial charge in [-0.2, -0.15) is 0 Å². The van der Waals surface area contributed by atoms with Crippen molar-refractivity contribution >= 4 is 5.91 Å². The van der Waals surface area contributed by atoms with Crippen LogP contribution in [0.15, 0.2) is 47.0 Å². The Kier molecular flexibility index (Phi) is 7.14. The summed E-state index contributed by atoms with van der Waals surface area (Å²) in [6.07, 6.45) is 7.20. The van der Waals surface area contributed by atoms with Gasteiger partial charge in [0.25, 0.3) is 0 Å². The van der Waals surface area contributed by atoms with Crippen LogP contribution in [-0.2, 0) is 17.8 Å². The average molecular weight is 435 g/mol. The van der Waals surface area contributed by atoms with Crippen LogP contribution in [0, 0.1) is 12.8 Å². The predicted molar refractivity (Wildman–Crippen MR) is 121 cm³/mol. The lowest BCUT2D eigenvalue weighted by molar-refractivity contribution is -0.121. The van der Waals surface area contributed by atoms with Gasteiger partial charge in [0.15, 0.2) is 0 Å². The maximum atomic E-state index is 12.3. The summed E-state index contributed by atoms with van der Waals surface area (Å²) in [5, 5.41) is 11.1. The summed E-state index contributed by atoms with van der Waals surface area (Å²) in [5.74, 6) is 2.27. The molecule has 1 fully saturated rings. The van der Waals surface area contributed by atoms with Crippen LogP contribution in [0.5, 0.6) is 5.88 Å². The number of nitrogens with zero attached hydrogens (tertiary/aromatic N) is 3. The molecule has 0 unspecified atom stereocenters. The lowest BCUT2D eigenvalue weighted by atomic mass is 9.89. The number of benzene rings is 1. The topological polar surface area (TPSA) is 90.1 Å². The van der Waals surface area contributed by atoms with E-state index >= 15 is 0 Å². The summed E-state index contributed by atoms with van der Waals surface area (Å²) >= 11 is 0. The maximum Gasteiger partial charge on any atom is 0.247 e. The molecule has 0 spiro atoms. The van der Waals surface area contributed by atoms with Crippen LogP contribution in [-0.4, -0.2) is 27.2 Å². The molecule has 168 valence electrons. The van der Waals surface area contributed by atoms with Gasteiger partial charge in [-0.1, -0.05) is 24.6 Å². The van der Waals surface area contributed by atoms with E-state index in [2.05, 4.69) is 27.4 Å². The molecule has 1 amide bonds. The molecule has 2 heterocycles. The first-order valence-electron chi connectivity index (χ1n) is 11.3. The van der Waals surface area contributed by atoms with E-state index in [0.717, 1.165) is 29.9 Å². The van der Waals surface area contributed by atoms with Gasteiger partial charge in [-0.25, -0.2) is 4.98 Å². The second-order valence-electron chi connectivity index (χ2n) is 8.65. The van der Waals surface area contributed by atoms with Gasteiger partial charge >= 0.3 is 0 Å². The first kappa shape index (κ1) is 22.0. The van der Waals surface area contributed by atoms with Crippen molar-refractivity contribution in [3.63, 3.8) is 0 Å². The van der Waals surface area contributed by atoms with Gasteiger partial charge < -0.3 is 14.5 Å². The third-order valence-corrected chi connectivity index (χ3v) is 5.87. The quantitative estimate of drug-likeness (QED) is 0.555. The van der Waals surface area contributed by atoms with Crippen molar-refractivity contribution in [3.8, 4) is 17.3 Å². The summed E-state index contributed by atoms with van der Waals surface area (Å²) in [4.78, 5) is 16.6. The molecule has 3 aromatic rings. The van der Waals surface area contributed by atoms with E-state index < -0.39 is 0 Å². The average Bonchev–Trinajstić information content (AvgIpc) is 3.28. The highest BCUT2D eigenvalue weighted by Gasteiger charge is 2.20. The molecular formula is C25H30N4O3.